The highest BCUT2D eigenvalue weighted by molar-refractivity contribution is 8.13. The number of morpholine rings is 1. The Morgan fingerprint density at radius 3 is 2.21 bits per heavy atom. The lowest BCUT2D eigenvalue weighted by atomic mass is 9.94. The molecule has 0 radical (unpaired) electrons. The molecule has 3 aromatic carbocycles. The number of hydrogen-bond donors (Lipinski definition) is 1. The third-order valence-corrected chi connectivity index (χ3v) is 6.96. The Bertz CT molecular complexity index is 1190. The number of benzene rings is 3. The van der Waals surface area contributed by atoms with Gasteiger partial charge in [-0.05, 0) is 48.2 Å². The van der Waals surface area contributed by atoms with Crippen molar-refractivity contribution in [2.75, 3.05) is 48.8 Å². The van der Waals surface area contributed by atoms with E-state index in [0.717, 1.165) is 60.2 Å². The predicted molar refractivity (Wildman–Crippen MR) is 135 cm³/mol. The first-order valence-electron chi connectivity index (χ1n) is 11.4. The van der Waals surface area contributed by atoms with E-state index < -0.39 is 0 Å². The van der Waals surface area contributed by atoms with Gasteiger partial charge in [0.15, 0.2) is 0 Å². The van der Waals surface area contributed by atoms with Crippen LogP contribution in [0.1, 0.15) is 27.1 Å². The molecule has 0 spiro atoms. The molecule has 0 unspecified atom stereocenters. The number of thioether (sulfide) groups is 1. The molecule has 1 fully saturated rings. The number of carbonyl (C=O) groups is 3. The van der Waals surface area contributed by atoms with Crippen molar-refractivity contribution < 1.29 is 19.1 Å². The van der Waals surface area contributed by atoms with E-state index in [-0.39, 0.29) is 23.6 Å². The molecule has 3 aromatic rings. The lowest BCUT2D eigenvalue weighted by molar-refractivity contribution is 0.0611. The number of rotatable bonds is 6. The molecule has 0 bridgehead atoms. The monoisotopic (exact) mass is 475 g/mol. The second-order valence-corrected chi connectivity index (χ2v) is 9.30. The topological polar surface area (TPSA) is 79.0 Å². The number of carbonyl (C=O) groups excluding carboxylic acids is 3. The SMILES string of the molecule is O=C(Nc1ccc(N2CCOCC2)cc1)SCCCN1C(=O)c2cccc3cccc(c23)C1=O. The van der Waals surface area contributed by atoms with Crippen LogP contribution in [0.2, 0.25) is 0 Å². The van der Waals surface area contributed by atoms with Gasteiger partial charge in [-0.15, -0.1) is 0 Å². The molecule has 0 aromatic heterocycles. The minimum atomic E-state index is -0.274. The summed E-state index contributed by atoms with van der Waals surface area (Å²) < 4.78 is 5.38. The van der Waals surface area contributed by atoms with E-state index in [0.29, 0.717) is 23.3 Å². The molecule has 5 rings (SSSR count). The standard InChI is InChI=1S/C26H25N3O4S/c30-24-21-6-1-4-18-5-2-7-22(23(18)21)25(31)29(24)12-3-17-34-26(32)27-19-8-10-20(11-9-19)28-13-15-33-16-14-28/h1-2,4-11H,3,12-17H2,(H,27,32). The Labute approximate surface area is 202 Å². The van der Waals surface area contributed by atoms with Crippen molar-refractivity contribution in [3.05, 3.63) is 71.8 Å². The van der Waals surface area contributed by atoms with Gasteiger partial charge in [0.2, 0.25) is 0 Å². The molecule has 2 heterocycles. The van der Waals surface area contributed by atoms with Crippen molar-refractivity contribution in [1.29, 1.82) is 0 Å². The summed E-state index contributed by atoms with van der Waals surface area (Å²) in [6.07, 6.45) is 0.531. The second-order valence-electron chi connectivity index (χ2n) is 8.23. The Balaban J connectivity index is 1.12. The zero-order chi connectivity index (χ0) is 23.5. The van der Waals surface area contributed by atoms with Crippen LogP contribution in [-0.4, -0.2) is 60.6 Å². The number of nitrogens with one attached hydrogen (secondary N) is 1. The summed E-state index contributed by atoms with van der Waals surface area (Å²) >= 11 is 1.15. The van der Waals surface area contributed by atoms with E-state index in [1.54, 1.807) is 12.1 Å². The number of imide groups is 1. The van der Waals surface area contributed by atoms with Crippen molar-refractivity contribution in [2.45, 2.75) is 6.42 Å². The number of nitrogens with zero attached hydrogens (tertiary/aromatic N) is 2. The van der Waals surface area contributed by atoms with Crippen LogP contribution in [0.3, 0.4) is 0 Å². The smallest absolute Gasteiger partial charge is 0.283 e. The molecule has 0 atom stereocenters. The van der Waals surface area contributed by atoms with Crippen molar-refractivity contribution in [2.24, 2.45) is 0 Å². The number of hydrogen-bond acceptors (Lipinski definition) is 6. The fraction of sp³-hybridized carbons (Fsp3) is 0.269. The van der Waals surface area contributed by atoms with Crippen molar-refractivity contribution in [3.63, 3.8) is 0 Å². The van der Waals surface area contributed by atoms with Crippen LogP contribution in [0, 0.1) is 0 Å². The Kier molecular flexibility index (Phi) is 6.51. The van der Waals surface area contributed by atoms with Crippen LogP contribution in [-0.2, 0) is 4.74 Å². The van der Waals surface area contributed by atoms with Gasteiger partial charge in [0.1, 0.15) is 0 Å². The quantitative estimate of drug-likeness (QED) is 0.414. The number of amides is 3. The largest absolute Gasteiger partial charge is 0.378 e. The van der Waals surface area contributed by atoms with Gasteiger partial charge in [0, 0.05) is 53.3 Å². The van der Waals surface area contributed by atoms with Crippen LogP contribution in [0.15, 0.2) is 60.7 Å². The first-order chi connectivity index (χ1) is 16.6. The fourth-order valence-electron chi connectivity index (χ4n) is 4.40. The van der Waals surface area contributed by atoms with Crippen molar-refractivity contribution in [1.82, 2.24) is 4.90 Å². The molecular weight excluding hydrogens is 450 g/mol. The van der Waals surface area contributed by atoms with E-state index in [1.165, 1.54) is 4.90 Å². The second kappa shape index (κ2) is 9.87. The Morgan fingerprint density at radius 2 is 1.56 bits per heavy atom. The Morgan fingerprint density at radius 1 is 0.912 bits per heavy atom. The summed E-state index contributed by atoms with van der Waals surface area (Å²) in [5.74, 6) is -0.0473. The minimum Gasteiger partial charge on any atom is -0.378 e. The Hall–Kier alpha value is -3.36. The summed E-state index contributed by atoms with van der Waals surface area (Å²) in [4.78, 5) is 41.8. The van der Waals surface area contributed by atoms with Gasteiger partial charge in [0.05, 0.1) is 13.2 Å². The molecule has 7 nitrogen and oxygen atoms in total. The van der Waals surface area contributed by atoms with Gasteiger partial charge in [-0.25, -0.2) is 0 Å². The van der Waals surface area contributed by atoms with Crippen LogP contribution in [0.4, 0.5) is 16.2 Å². The van der Waals surface area contributed by atoms with Crippen LogP contribution in [0.5, 0.6) is 0 Å². The van der Waals surface area contributed by atoms with Gasteiger partial charge in [-0.2, -0.15) is 0 Å². The fourth-order valence-corrected chi connectivity index (χ4v) is 5.05. The number of ether oxygens (including phenoxy) is 1. The molecule has 3 amide bonds. The highest BCUT2D eigenvalue weighted by Crippen LogP contribution is 2.30. The van der Waals surface area contributed by atoms with Crippen molar-refractivity contribution in [3.8, 4) is 0 Å². The van der Waals surface area contributed by atoms with Crippen LogP contribution >= 0.6 is 11.8 Å². The van der Waals surface area contributed by atoms with Gasteiger partial charge in [0.25, 0.3) is 17.1 Å². The lowest BCUT2D eigenvalue weighted by Crippen LogP contribution is -2.41. The van der Waals surface area contributed by atoms with Crippen LogP contribution in [0.25, 0.3) is 10.8 Å². The molecule has 34 heavy (non-hydrogen) atoms. The highest BCUT2D eigenvalue weighted by Gasteiger charge is 2.32. The summed E-state index contributed by atoms with van der Waals surface area (Å²) in [6.45, 7) is 3.46. The predicted octanol–water partition coefficient (Wildman–Crippen LogP) is 4.63. The average Bonchev–Trinajstić information content (AvgIpc) is 2.87. The van der Waals surface area contributed by atoms with E-state index >= 15 is 0 Å². The third-order valence-electron chi connectivity index (χ3n) is 6.10. The number of anilines is 2. The molecule has 1 N–H and O–H groups in total. The zero-order valence-electron chi connectivity index (χ0n) is 18.7. The summed E-state index contributed by atoms with van der Waals surface area (Å²) in [5, 5.41) is 4.34. The maximum atomic E-state index is 12.9. The van der Waals surface area contributed by atoms with Gasteiger partial charge < -0.3 is 15.0 Å². The van der Waals surface area contributed by atoms with Gasteiger partial charge >= 0.3 is 0 Å². The third kappa shape index (κ3) is 4.51. The summed E-state index contributed by atoms with van der Waals surface area (Å²) in [5.41, 5.74) is 2.96. The summed E-state index contributed by atoms with van der Waals surface area (Å²) in [6, 6.07) is 18.8. The van der Waals surface area contributed by atoms with E-state index in [9.17, 15) is 14.4 Å². The van der Waals surface area contributed by atoms with E-state index in [2.05, 4.69) is 10.2 Å². The van der Waals surface area contributed by atoms with Gasteiger partial charge in [-0.1, -0.05) is 36.0 Å². The van der Waals surface area contributed by atoms with E-state index in [1.807, 2.05) is 48.5 Å². The molecule has 174 valence electrons. The molecular formula is C26H25N3O4S. The molecule has 2 aliphatic rings. The summed E-state index contributed by atoms with van der Waals surface area (Å²) in [7, 11) is 0. The maximum Gasteiger partial charge on any atom is 0.283 e. The zero-order valence-corrected chi connectivity index (χ0v) is 19.5. The first-order valence-corrected chi connectivity index (χ1v) is 12.3. The van der Waals surface area contributed by atoms with Gasteiger partial charge in [-0.3, -0.25) is 19.3 Å². The molecule has 8 heteroatoms. The molecule has 1 saturated heterocycles. The minimum absolute atomic E-state index is 0.162. The molecule has 2 aliphatic heterocycles. The lowest BCUT2D eigenvalue weighted by Gasteiger charge is -2.28. The average molecular weight is 476 g/mol. The first kappa shape index (κ1) is 22.4. The van der Waals surface area contributed by atoms with Crippen LogP contribution < -0.4 is 10.2 Å². The highest BCUT2D eigenvalue weighted by atomic mass is 32.2. The maximum absolute atomic E-state index is 12.9. The molecule has 0 aliphatic carbocycles. The normalized spacial score (nSPS) is 15.6. The molecule has 0 saturated carbocycles. The van der Waals surface area contributed by atoms with E-state index in [4.69, 9.17) is 4.74 Å². The van der Waals surface area contributed by atoms with Crippen molar-refractivity contribution >= 4 is 51.0 Å².